The third kappa shape index (κ3) is 3.79. The molecule has 182 valence electrons. The SMILES string of the molecule is CCC(C)NC(=O)C(NC(=O)C1Cc2c([nH]c3ccccc23)C2c3ccccc3C(=O)N12)C(C)C. The number of aromatic amines is 1. The molecule has 0 aliphatic carbocycles. The van der Waals surface area contributed by atoms with Gasteiger partial charge in [-0.05, 0) is 42.5 Å². The van der Waals surface area contributed by atoms with Crippen LogP contribution in [0.15, 0.2) is 48.5 Å². The van der Waals surface area contributed by atoms with Crippen LogP contribution in [0.1, 0.15) is 67.3 Å². The fourth-order valence-electron chi connectivity index (χ4n) is 5.36. The van der Waals surface area contributed by atoms with Crippen LogP contribution in [0.3, 0.4) is 0 Å². The summed E-state index contributed by atoms with van der Waals surface area (Å²) in [7, 11) is 0. The van der Waals surface area contributed by atoms with Crippen molar-refractivity contribution in [3.05, 3.63) is 70.9 Å². The fourth-order valence-corrected chi connectivity index (χ4v) is 5.36. The number of hydrogen-bond donors (Lipinski definition) is 3. The predicted octanol–water partition coefficient (Wildman–Crippen LogP) is 3.69. The minimum atomic E-state index is -0.718. The largest absolute Gasteiger partial charge is 0.356 e. The smallest absolute Gasteiger partial charge is 0.255 e. The van der Waals surface area contributed by atoms with Gasteiger partial charge in [-0.1, -0.05) is 57.2 Å². The number of aromatic nitrogens is 1. The van der Waals surface area contributed by atoms with Gasteiger partial charge in [0.2, 0.25) is 11.8 Å². The molecule has 0 radical (unpaired) electrons. The zero-order chi connectivity index (χ0) is 24.9. The molecule has 0 saturated heterocycles. The maximum Gasteiger partial charge on any atom is 0.255 e. The van der Waals surface area contributed by atoms with E-state index >= 15 is 0 Å². The van der Waals surface area contributed by atoms with Crippen LogP contribution in [0.4, 0.5) is 0 Å². The molecule has 3 heterocycles. The molecule has 0 bridgehead atoms. The summed E-state index contributed by atoms with van der Waals surface area (Å²) in [6, 6.07) is 13.8. The number of rotatable bonds is 6. The van der Waals surface area contributed by atoms with E-state index in [2.05, 4.69) is 21.7 Å². The van der Waals surface area contributed by atoms with Crippen molar-refractivity contribution in [1.82, 2.24) is 20.5 Å². The van der Waals surface area contributed by atoms with Gasteiger partial charge < -0.3 is 20.5 Å². The van der Waals surface area contributed by atoms with E-state index in [9.17, 15) is 14.4 Å². The number of fused-ring (bicyclic) bond motifs is 7. The zero-order valence-electron chi connectivity index (χ0n) is 20.6. The number of carbonyl (C=O) groups excluding carboxylic acids is 3. The molecule has 2 aliphatic heterocycles. The summed E-state index contributed by atoms with van der Waals surface area (Å²) in [5.74, 6) is -0.748. The summed E-state index contributed by atoms with van der Waals surface area (Å²) in [4.78, 5) is 45.5. The molecule has 1 aromatic heterocycles. The van der Waals surface area contributed by atoms with Crippen molar-refractivity contribution in [2.24, 2.45) is 5.92 Å². The Labute approximate surface area is 205 Å². The van der Waals surface area contributed by atoms with Crippen LogP contribution in [0.25, 0.3) is 10.9 Å². The Hall–Kier alpha value is -3.61. The number of amides is 3. The highest BCUT2D eigenvalue weighted by atomic mass is 16.2. The number of carbonyl (C=O) groups is 3. The standard InChI is InChI=1S/C28H32N4O3/c1-5-16(4)29-27(34)23(15(2)3)31-26(33)22-14-20-17-10-8-9-13-21(17)30-24(20)25-18-11-6-7-12-19(18)28(35)32(22)25/h6-13,15-16,22-23,25,30H,5,14H2,1-4H3,(H,29,34)(H,31,33). The van der Waals surface area contributed by atoms with Gasteiger partial charge in [0.1, 0.15) is 12.1 Å². The Morgan fingerprint density at radius 2 is 1.77 bits per heavy atom. The molecule has 3 amide bonds. The Morgan fingerprint density at radius 3 is 2.51 bits per heavy atom. The first-order valence-electron chi connectivity index (χ1n) is 12.4. The maximum atomic E-state index is 13.8. The minimum absolute atomic E-state index is 0.0168. The number of hydrogen-bond acceptors (Lipinski definition) is 3. The zero-order valence-corrected chi connectivity index (χ0v) is 20.6. The van der Waals surface area contributed by atoms with Gasteiger partial charge in [0.05, 0.1) is 6.04 Å². The highest BCUT2D eigenvalue weighted by molar-refractivity contribution is 6.04. The summed E-state index contributed by atoms with van der Waals surface area (Å²) in [6.45, 7) is 7.78. The summed E-state index contributed by atoms with van der Waals surface area (Å²) in [6.07, 6.45) is 1.19. The molecular weight excluding hydrogens is 440 g/mol. The number of para-hydroxylation sites is 1. The number of benzene rings is 2. The third-order valence-corrected chi connectivity index (χ3v) is 7.40. The van der Waals surface area contributed by atoms with Gasteiger partial charge in [-0.25, -0.2) is 0 Å². The molecule has 0 spiro atoms. The third-order valence-electron chi connectivity index (χ3n) is 7.40. The molecular formula is C28H32N4O3. The van der Waals surface area contributed by atoms with Crippen molar-refractivity contribution in [2.75, 3.05) is 0 Å². The van der Waals surface area contributed by atoms with Crippen LogP contribution in [-0.2, 0) is 16.0 Å². The first-order chi connectivity index (χ1) is 16.8. The van der Waals surface area contributed by atoms with Crippen molar-refractivity contribution in [2.45, 2.75) is 64.7 Å². The van der Waals surface area contributed by atoms with Crippen molar-refractivity contribution in [1.29, 1.82) is 0 Å². The molecule has 4 atom stereocenters. The van der Waals surface area contributed by atoms with Gasteiger partial charge in [-0.3, -0.25) is 14.4 Å². The van der Waals surface area contributed by atoms with Crippen LogP contribution in [0.2, 0.25) is 0 Å². The fraction of sp³-hybridized carbons (Fsp3) is 0.393. The van der Waals surface area contributed by atoms with E-state index in [1.807, 2.05) is 70.2 Å². The lowest BCUT2D eigenvalue weighted by molar-refractivity contribution is -0.133. The molecule has 35 heavy (non-hydrogen) atoms. The summed E-state index contributed by atoms with van der Waals surface area (Å²) in [5, 5.41) is 7.04. The van der Waals surface area contributed by atoms with E-state index in [1.54, 1.807) is 4.90 Å². The normalized spacial score (nSPS) is 20.3. The molecule has 0 fully saturated rings. The quantitative estimate of drug-likeness (QED) is 0.511. The molecule has 3 N–H and O–H groups in total. The van der Waals surface area contributed by atoms with Gasteiger partial charge in [-0.15, -0.1) is 0 Å². The van der Waals surface area contributed by atoms with Crippen molar-refractivity contribution < 1.29 is 14.4 Å². The highest BCUT2D eigenvalue weighted by Crippen LogP contribution is 2.46. The van der Waals surface area contributed by atoms with Crippen LogP contribution < -0.4 is 10.6 Å². The Bertz CT molecular complexity index is 1310. The first kappa shape index (κ1) is 23.1. The van der Waals surface area contributed by atoms with Crippen molar-refractivity contribution in [3.8, 4) is 0 Å². The highest BCUT2D eigenvalue weighted by Gasteiger charge is 2.49. The summed E-state index contributed by atoms with van der Waals surface area (Å²) >= 11 is 0. The van der Waals surface area contributed by atoms with E-state index in [-0.39, 0.29) is 35.7 Å². The van der Waals surface area contributed by atoms with Gasteiger partial charge in [-0.2, -0.15) is 0 Å². The Morgan fingerprint density at radius 1 is 1.06 bits per heavy atom. The average Bonchev–Trinajstić information content (AvgIpc) is 3.37. The van der Waals surface area contributed by atoms with E-state index in [0.717, 1.165) is 34.1 Å². The van der Waals surface area contributed by atoms with Crippen molar-refractivity contribution >= 4 is 28.6 Å². The summed E-state index contributed by atoms with van der Waals surface area (Å²) in [5.41, 5.74) is 4.53. The van der Waals surface area contributed by atoms with Crippen LogP contribution in [0.5, 0.6) is 0 Å². The van der Waals surface area contributed by atoms with Crippen molar-refractivity contribution in [3.63, 3.8) is 0 Å². The molecule has 0 saturated carbocycles. The van der Waals surface area contributed by atoms with Gasteiger partial charge in [0.25, 0.3) is 5.91 Å². The van der Waals surface area contributed by atoms with E-state index < -0.39 is 12.1 Å². The predicted molar refractivity (Wildman–Crippen MR) is 135 cm³/mol. The minimum Gasteiger partial charge on any atom is -0.356 e. The second kappa shape index (κ2) is 8.87. The van der Waals surface area contributed by atoms with E-state index in [1.165, 1.54) is 0 Å². The van der Waals surface area contributed by atoms with Gasteiger partial charge >= 0.3 is 0 Å². The molecule has 4 unspecified atom stereocenters. The molecule has 7 heteroatoms. The Balaban J connectivity index is 1.54. The monoisotopic (exact) mass is 472 g/mol. The second-order valence-corrected chi connectivity index (χ2v) is 10.0. The van der Waals surface area contributed by atoms with Gasteiger partial charge in [0.15, 0.2) is 0 Å². The van der Waals surface area contributed by atoms with Crippen LogP contribution >= 0.6 is 0 Å². The van der Waals surface area contributed by atoms with E-state index in [0.29, 0.717) is 12.0 Å². The lowest BCUT2D eigenvalue weighted by Gasteiger charge is -2.38. The lowest BCUT2D eigenvalue weighted by Crippen LogP contribution is -2.58. The second-order valence-electron chi connectivity index (χ2n) is 10.0. The molecule has 5 rings (SSSR count). The van der Waals surface area contributed by atoms with Gasteiger partial charge in [0, 0.05) is 34.6 Å². The lowest BCUT2D eigenvalue weighted by atomic mass is 9.89. The molecule has 2 aliphatic rings. The van der Waals surface area contributed by atoms with E-state index in [4.69, 9.17) is 0 Å². The molecule has 2 aromatic carbocycles. The first-order valence-corrected chi connectivity index (χ1v) is 12.4. The molecule has 7 nitrogen and oxygen atoms in total. The van der Waals surface area contributed by atoms with Crippen LogP contribution in [-0.4, -0.2) is 45.7 Å². The summed E-state index contributed by atoms with van der Waals surface area (Å²) < 4.78 is 0. The van der Waals surface area contributed by atoms with Crippen LogP contribution in [0, 0.1) is 5.92 Å². The maximum absolute atomic E-state index is 13.8. The Kier molecular flexibility index (Phi) is 5.87. The number of nitrogens with zero attached hydrogens (tertiary/aromatic N) is 1. The number of nitrogens with one attached hydrogen (secondary N) is 3. The number of H-pyrrole nitrogens is 1. The topological polar surface area (TPSA) is 94.3 Å². The molecule has 3 aromatic rings. The average molecular weight is 473 g/mol.